The highest BCUT2D eigenvalue weighted by atomic mass is 19.1. The number of hydrogen-bond donors (Lipinski definition) is 1. The lowest BCUT2D eigenvalue weighted by Gasteiger charge is -2.36. The second-order valence-corrected chi connectivity index (χ2v) is 7.53. The summed E-state index contributed by atoms with van der Waals surface area (Å²) in [5, 5.41) is 7.47. The van der Waals surface area contributed by atoms with Crippen molar-refractivity contribution in [1.29, 1.82) is 0 Å². The van der Waals surface area contributed by atoms with E-state index < -0.39 is 0 Å². The third-order valence-corrected chi connectivity index (χ3v) is 5.34. The minimum absolute atomic E-state index is 0.137. The highest BCUT2D eigenvalue weighted by Gasteiger charge is 2.18. The molecule has 8 nitrogen and oxygen atoms in total. The molecular weight excluding hydrogens is 383 g/mol. The fraction of sp³-hybridized carbons (Fsp3) is 0.571. The molecule has 0 amide bonds. The van der Waals surface area contributed by atoms with Gasteiger partial charge in [-0.2, -0.15) is 5.10 Å². The molecule has 1 aliphatic heterocycles. The number of piperazine rings is 1. The molecule has 164 valence electrons. The number of aliphatic imine (C=N–C) groups is 1. The van der Waals surface area contributed by atoms with E-state index in [0.29, 0.717) is 12.2 Å². The summed E-state index contributed by atoms with van der Waals surface area (Å²) < 4.78 is 15.8. The zero-order chi connectivity index (χ0) is 21.3. The van der Waals surface area contributed by atoms with Crippen LogP contribution in [-0.2, 0) is 13.6 Å². The highest BCUT2D eigenvalue weighted by molar-refractivity contribution is 5.79. The molecule has 9 heteroatoms. The molecule has 1 aromatic carbocycles. The number of guanidine groups is 1. The summed E-state index contributed by atoms with van der Waals surface area (Å²) in [5.74, 6) is 1.64. The average molecular weight is 417 g/mol. The Hall–Kier alpha value is -2.68. The molecule has 0 unspecified atom stereocenters. The second kappa shape index (κ2) is 10.9. The molecule has 1 aromatic heterocycles. The Morgan fingerprint density at radius 1 is 1.23 bits per heavy atom. The van der Waals surface area contributed by atoms with Crippen LogP contribution in [-0.4, -0.2) is 83.4 Å². The molecule has 0 saturated carbocycles. The molecule has 0 radical (unpaired) electrons. The molecule has 1 fully saturated rings. The third kappa shape index (κ3) is 5.91. The van der Waals surface area contributed by atoms with Gasteiger partial charge >= 0.3 is 0 Å². The van der Waals surface area contributed by atoms with Crippen molar-refractivity contribution in [2.45, 2.75) is 19.9 Å². The Morgan fingerprint density at radius 2 is 2.00 bits per heavy atom. The van der Waals surface area contributed by atoms with Crippen LogP contribution in [0.1, 0.15) is 19.2 Å². The van der Waals surface area contributed by atoms with E-state index in [1.165, 1.54) is 6.07 Å². The molecule has 1 saturated heterocycles. The van der Waals surface area contributed by atoms with Crippen molar-refractivity contribution in [2.75, 3.05) is 57.8 Å². The normalized spacial score (nSPS) is 15.5. The van der Waals surface area contributed by atoms with Crippen LogP contribution < -0.4 is 10.2 Å². The number of para-hydroxylation sites is 1. The molecule has 2 heterocycles. The van der Waals surface area contributed by atoms with E-state index in [2.05, 4.69) is 37.0 Å². The van der Waals surface area contributed by atoms with E-state index in [0.717, 1.165) is 64.0 Å². The monoisotopic (exact) mass is 416 g/mol. The van der Waals surface area contributed by atoms with Gasteiger partial charge in [0, 0.05) is 59.9 Å². The van der Waals surface area contributed by atoms with Crippen molar-refractivity contribution in [3.8, 4) is 0 Å². The molecule has 0 spiro atoms. The van der Waals surface area contributed by atoms with Gasteiger partial charge in [-0.3, -0.25) is 14.6 Å². The molecular formula is C21H33FN8. The average Bonchev–Trinajstić information content (AvgIpc) is 3.15. The molecule has 0 atom stereocenters. The zero-order valence-corrected chi connectivity index (χ0v) is 18.3. The van der Waals surface area contributed by atoms with E-state index >= 15 is 0 Å². The van der Waals surface area contributed by atoms with Gasteiger partial charge < -0.3 is 15.1 Å². The largest absolute Gasteiger partial charge is 0.367 e. The third-order valence-electron chi connectivity index (χ3n) is 5.34. The van der Waals surface area contributed by atoms with E-state index in [-0.39, 0.29) is 5.82 Å². The lowest BCUT2D eigenvalue weighted by molar-refractivity contribution is 0.255. The number of nitrogens with one attached hydrogen (secondary N) is 1. The lowest BCUT2D eigenvalue weighted by atomic mass is 10.2. The fourth-order valence-electron chi connectivity index (χ4n) is 3.62. The Labute approximate surface area is 178 Å². The van der Waals surface area contributed by atoms with Crippen molar-refractivity contribution >= 4 is 11.6 Å². The van der Waals surface area contributed by atoms with Crippen molar-refractivity contribution in [2.24, 2.45) is 12.0 Å². The molecule has 1 aliphatic rings. The van der Waals surface area contributed by atoms with Crippen LogP contribution in [0.3, 0.4) is 0 Å². The first-order valence-electron chi connectivity index (χ1n) is 10.6. The Morgan fingerprint density at radius 3 is 2.67 bits per heavy atom. The van der Waals surface area contributed by atoms with Crippen LogP contribution in [0.4, 0.5) is 10.1 Å². The maximum Gasteiger partial charge on any atom is 0.194 e. The first-order valence-corrected chi connectivity index (χ1v) is 10.6. The van der Waals surface area contributed by atoms with Gasteiger partial charge in [0.2, 0.25) is 0 Å². The maximum atomic E-state index is 14.0. The summed E-state index contributed by atoms with van der Waals surface area (Å²) in [4.78, 5) is 15.7. The predicted octanol–water partition coefficient (Wildman–Crippen LogP) is 1.56. The van der Waals surface area contributed by atoms with E-state index in [1.807, 2.05) is 26.2 Å². The summed E-state index contributed by atoms with van der Waals surface area (Å²) in [6.07, 6.45) is 2.56. The van der Waals surface area contributed by atoms with Gasteiger partial charge in [0.05, 0.1) is 12.2 Å². The van der Waals surface area contributed by atoms with Gasteiger partial charge in [0.25, 0.3) is 0 Å². The van der Waals surface area contributed by atoms with Crippen LogP contribution >= 0.6 is 0 Å². The SMILES string of the molecule is CCNC(=NCCCN1CCN(c2ccccc2F)CC1)N(C)Cc1ncnn1C. The van der Waals surface area contributed by atoms with Crippen LogP contribution in [0.15, 0.2) is 35.6 Å². The minimum Gasteiger partial charge on any atom is -0.367 e. The van der Waals surface area contributed by atoms with E-state index in [4.69, 9.17) is 4.99 Å². The molecule has 3 rings (SSSR count). The van der Waals surface area contributed by atoms with Gasteiger partial charge in [-0.25, -0.2) is 9.37 Å². The molecule has 30 heavy (non-hydrogen) atoms. The number of aryl methyl sites for hydroxylation is 1. The smallest absolute Gasteiger partial charge is 0.194 e. The Bertz CT molecular complexity index is 813. The van der Waals surface area contributed by atoms with Crippen molar-refractivity contribution in [1.82, 2.24) is 29.9 Å². The molecule has 0 aliphatic carbocycles. The number of aromatic nitrogens is 3. The van der Waals surface area contributed by atoms with E-state index in [1.54, 1.807) is 17.1 Å². The van der Waals surface area contributed by atoms with Crippen molar-refractivity contribution < 1.29 is 4.39 Å². The van der Waals surface area contributed by atoms with Crippen LogP contribution in [0, 0.1) is 5.82 Å². The summed E-state index contributed by atoms with van der Waals surface area (Å²) in [6, 6.07) is 7.02. The second-order valence-electron chi connectivity index (χ2n) is 7.53. The quantitative estimate of drug-likeness (QED) is 0.400. The lowest BCUT2D eigenvalue weighted by Crippen LogP contribution is -2.47. The maximum absolute atomic E-state index is 14.0. The summed E-state index contributed by atoms with van der Waals surface area (Å²) in [5.41, 5.74) is 0.711. The number of rotatable bonds is 8. The first-order chi connectivity index (χ1) is 14.6. The van der Waals surface area contributed by atoms with E-state index in [9.17, 15) is 4.39 Å². The fourth-order valence-corrected chi connectivity index (χ4v) is 3.62. The molecule has 0 bridgehead atoms. The van der Waals surface area contributed by atoms with Crippen LogP contribution in [0.2, 0.25) is 0 Å². The van der Waals surface area contributed by atoms with Gasteiger partial charge in [-0.05, 0) is 25.5 Å². The van der Waals surface area contributed by atoms with Gasteiger partial charge in [-0.1, -0.05) is 12.1 Å². The predicted molar refractivity (Wildman–Crippen MR) is 118 cm³/mol. The van der Waals surface area contributed by atoms with Crippen LogP contribution in [0.5, 0.6) is 0 Å². The summed E-state index contributed by atoms with van der Waals surface area (Å²) in [7, 11) is 3.91. The zero-order valence-electron chi connectivity index (χ0n) is 18.3. The van der Waals surface area contributed by atoms with Crippen LogP contribution in [0.25, 0.3) is 0 Å². The molecule has 1 N–H and O–H groups in total. The Balaban J connectivity index is 1.43. The highest BCUT2D eigenvalue weighted by Crippen LogP contribution is 2.20. The minimum atomic E-state index is -0.137. The van der Waals surface area contributed by atoms with Crippen molar-refractivity contribution in [3.63, 3.8) is 0 Å². The standard InChI is InChI=1S/C21H33FN8/c1-4-23-21(27(2)16-20-25-17-26-28(20)3)24-10-7-11-29-12-14-30(15-13-29)19-9-6-5-8-18(19)22/h5-6,8-9,17H,4,7,10-16H2,1-3H3,(H,23,24). The van der Waals surface area contributed by atoms with Crippen molar-refractivity contribution in [3.05, 3.63) is 42.2 Å². The number of halogens is 1. The number of benzene rings is 1. The topological polar surface area (TPSA) is 64.8 Å². The van der Waals surface area contributed by atoms with Gasteiger partial charge in [0.15, 0.2) is 5.96 Å². The number of nitrogens with zero attached hydrogens (tertiary/aromatic N) is 7. The van der Waals surface area contributed by atoms with Gasteiger partial charge in [-0.15, -0.1) is 0 Å². The number of hydrogen-bond acceptors (Lipinski definition) is 5. The van der Waals surface area contributed by atoms with Gasteiger partial charge in [0.1, 0.15) is 18.0 Å². The first kappa shape index (κ1) is 22.0. The Kier molecular flexibility index (Phi) is 8.01. The number of anilines is 1. The summed E-state index contributed by atoms with van der Waals surface area (Å²) >= 11 is 0. The molecule has 2 aromatic rings. The summed E-state index contributed by atoms with van der Waals surface area (Å²) in [6.45, 7) is 8.91.